The van der Waals surface area contributed by atoms with Crippen LogP contribution < -0.4 is 5.32 Å². The van der Waals surface area contributed by atoms with Crippen molar-refractivity contribution in [3.05, 3.63) is 29.0 Å². The highest BCUT2D eigenvalue weighted by Gasteiger charge is 2.22. The first-order valence-electron chi connectivity index (χ1n) is 7.55. The van der Waals surface area contributed by atoms with E-state index in [1.165, 1.54) is 31.4 Å². The van der Waals surface area contributed by atoms with E-state index >= 15 is 0 Å². The van der Waals surface area contributed by atoms with Gasteiger partial charge in [-0.3, -0.25) is 0 Å². The van der Waals surface area contributed by atoms with Gasteiger partial charge in [0, 0.05) is 6.54 Å². The maximum Gasteiger partial charge on any atom is 0.124 e. The summed E-state index contributed by atoms with van der Waals surface area (Å²) in [6.45, 7) is 2.83. The highest BCUT2D eigenvalue weighted by atomic mass is 35.5. The Morgan fingerprint density at radius 2 is 2.19 bits per heavy atom. The largest absolute Gasteiger partial charge is 0.389 e. The monoisotopic (exact) mass is 315 g/mol. The molecule has 2 N–H and O–H groups in total. The van der Waals surface area contributed by atoms with Gasteiger partial charge in [0.25, 0.3) is 0 Å². The van der Waals surface area contributed by atoms with E-state index in [0.29, 0.717) is 29.8 Å². The molecule has 1 fully saturated rings. The van der Waals surface area contributed by atoms with Crippen molar-refractivity contribution in [2.24, 2.45) is 5.92 Å². The molecule has 0 aromatic heterocycles. The number of halogens is 2. The van der Waals surface area contributed by atoms with Crippen LogP contribution in [0.4, 0.5) is 10.1 Å². The maximum atomic E-state index is 12.9. The molecule has 0 spiro atoms. The quantitative estimate of drug-likeness (QED) is 0.838. The zero-order valence-electron chi connectivity index (χ0n) is 12.3. The Labute approximate surface area is 130 Å². The third-order valence-electron chi connectivity index (χ3n) is 3.99. The lowest BCUT2D eigenvalue weighted by Crippen LogP contribution is -2.32. The van der Waals surface area contributed by atoms with Gasteiger partial charge in [-0.15, -0.1) is 0 Å². The molecule has 0 amide bonds. The average molecular weight is 316 g/mol. The topological polar surface area (TPSA) is 41.5 Å². The lowest BCUT2D eigenvalue weighted by Gasteiger charge is -2.29. The molecule has 0 heterocycles. The summed E-state index contributed by atoms with van der Waals surface area (Å²) in [4.78, 5) is 0. The van der Waals surface area contributed by atoms with Gasteiger partial charge >= 0.3 is 0 Å². The molecule has 21 heavy (non-hydrogen) atoms. The van der Waals surface area contributed by atoms with E-state index in [0.717, 1.165) is 6.42 Å². The Morgan fingerprint density at radius 1 is 1.43 bits per heavy atom. The number of benzene rings is 1. The highest BCUT2D eigenvalue weighted by Crippen LogP contribution is 2.26. The average Bonchev–Trinajstić information content (AvgIpc) is 2.45. The predicted molar refractivity (Wildman–Crippen MR) is 83.3 cm³/mol. The Kier molecular flexibility index (Phi) is 6.27. The molecule has 0 radical (unpaired) electrons. The van der Waals surface area contributed by atoms with Gasteiger partial charge in [0.1, 0.15) is 5.82 Å². The fraction of sp³-hybridized carbons (Fsp3) is 0.625. The summed E-state index contributed by atoms with van der Waals surface area (Å²) < 4.78 is 18.7. The first kappa shape index (κ1) is 16.5. The summed E-state index contributed by atoms with van der Waals surface area (Å²) in [6, 6.07) is 4.14. The van der Waals surface area contributed by atoms with Crippen molar-refractivity contribution in [2.45, 2.75) is 44.8 Å². The third kappa shape index (κ3) is 5.13. The summed E-state index contributed by atoms with van der Waals surface area (Å²) in [5.41, 5.74) is 0.614. The normalized spacial score (nSPS) is 23.8. The van der Waals surface area contributed by atoms with Crippen molar-refractivity contribution in [3.63, 3.8) is 0 Å². The summed E-state index contributed by atoms with van der Waals surface area (Å²) in [7, 11) is 0. The van der Waals surface area contributed by atoms with Crippen LogP contribution in [0.3, 0.4) is 0 Å². The molecule has 0 saturated heterocycles. The molecule has 1 saturated carbocycles. The van der Waals surface area contributed by atoms with Crippen LogP contribution in [0.1, 0.15) is 32.6 Å². The van der Waals surface area contributed by atoms with Crippen molar-refractivity contribution in [3.8, 4) is 0 Å². The number of hydrogen-bond donors (Lipinski definition) is 2. The molecule has 2 rings (SSSR count). The fourth-order valence-corrected chi connectivity index (χ4v) is 2.92. The molecule has 3 nitrogen and oxygen atoms in total. The van der Waals surface area contributed by atoms with Gasteiger partial charge in [-0.1, -0.05) is 31.4 Å². The molecule has 118 valence electrons. The van der Waals surface area contributed by atoms with E-state index in [4.69, 9.17) is 16.3 Å². The number of ether oxygens (including phenoxy) is 1. The Bertz CT molecular complexity index is 458. The molecule has 1 aliphatic carbocycles. The molecular formula is C16H23ClFNO2. The zero-order chi connectivity index (χ0) is 15.2. The standard InChI is InChI=1S/C16H23ClFNO2/c1-11-4-2-3-5-16(11)21-10-13(20)9-19-15-7-6-12(18)8-14(15)17/h6-8,11,13,16,19-20H,2-5,9-10H2,1H3. The number of nitrogens with one attached hydrogen (secondary N) is 1. The van der Waals surface area contributed by atoms with Gasteiger partial charge in [-0.2, -0.15) is 0 Å². The molecule has 1 aromatic rings. The maximum absolute atomic E-state index is 12.9. The molecule has 0 bridgehead atoms. The van der Waals surface area contributed by atoms with Crippen LogP contribution in [-0.4, -0.2) is 30.5 Å². The minimum Gasteiger partial charge on any atom is -0.389 e. The van der Waals surface area contributed by atoms with Crippen molar-refractivity contribution in [1.29, 1.82) is 0 Å². The second kappa shape index (κ2) is 7.97. The smallest absolute Gasteiger partial charge is 0.124 e. The molecule has 5 heteroatoms. The second-order valence-corrected chi connectivity index (χ2v) is 6.20. The van der Waals surface area contributed by atoms with E-state index in [-0.39, 0.29) is 11.9 Å². The first-order valence-corrected chi connectivity index (χ1v) is 7.92. The van der Waals surface area contributed by atoms with Gasteiger partial charge in [0.05, 0.1) is 29.5 Å². The van der Waals surface area contributed by atoms with Crippen molar-refractivity contribution in [2.75, 3.05) is 18.5 Å². The summed E-state index contributed by atoms with van der Waals surface area (Å²) in [5, 5.41) is 13.3. The molecule has 0 aliphatic heterocycles. The van der Waals surface area contributed by atoms with Crippen LogP contribution >= 0.6 is 11.6 Å². The van der Waals surface area contributed by atoms with Crippen LogP contribution in [0, 0.1) is 11.7 Å². The number of aliphatic hydroxyl groups is 1. The van der Waals surface area contributed by atoms with Gasteiger partial charge in [0.2, 0.25) is 0 Å². The summed E-state index contributed by atoms with van der Waals surface area (Å²) in [5.74, 6) is 0.186. The van der Waals surface area contributed by atoms with Crippen LogP contribution in [0.25, 0.3) is 0 Å². The molecule has 3 unspecified atom stereocenters. The number of aliphatic hydroxyl groups excluding tert-OH is 1. The van der Waals surface area contributed by atoms with Gasteiger partial charge in [-0.25, -0.2) is 4.39 Å². The Balaban J connectivity index is 1.73. The predicted octanol–water partition coefficient (Wildman–Crippen LogP) is 3.85. The van der Waals surface area contributed by atoms with Gasteiger partial charge in [-0.05, 0) is 37.0 Å². The van der Waals surface area contributed by atoms with E-state index in [1.54, 1.807) is 6.07 Å². The number of hydrogen-bond acceptors (Lipinski definition) is 3. The minimum absolute atomic E-state index is 0.253. The zero-order valence-corrected chi connectivity index (χ0v) is 13.1. The van der Waals surface area contributed by atoms with Crippen molar-refractivity contribution < 1.29 is 14.2 Å². The Morgan fingerprint density at radius 3 is 2.90 bits per heavy atom. The van der Waals surface area contributed by atoms with Crippen LogP contribution in [0.2, 0.25) is 5.02 Å². The molecule has 1 aliphatic rings. The van der Waals surface area contributed by atoms with E-state index in [9.17, 15) is 9.50 Å². The van der Waals surface area contributed by atoms with Crippen LogP contribution in [0.5, 0.6) is 0 Å². The molecular weight excluding hydrogens is 293 g/mol. The first-order chi connectivity index (χ1) is 10.1. The lowest BCUT2D eigenvalue weighted by molar-refractivity contribution is -0.0424. The number of anilines is 1. The second-order valence-electron chi connectivity index (χ2n) is 5.79. The van der Waals surface area contributed by atoms with E-state index < -0.39 is 6.10 Å². The minimum atomic E-state index is -0.611. The SMILES string of the molecule is CC1CCCCC1OCC(O)CNc1ccc(F)cc1Cl. The van der Waals surface area contributed by atoms with E-state index in [1.807, 2.05) is 0 Å². The van der Waals surface area contributed by atoms with Crippen molar-refractivity contribution in [1.82, 2.24) is 0 Å². The van der Waals surface area contributed by atoms with Crippen LogP contribution in [-0.2, 0) is 4.74 Å². The fourth-order valence-electron chi connectivity index (χ4n) is 2.68. The van der Waals surface area contributed by atoms with Crippen LogP contribution in [0.15, 0.2) is 18.2 Å². The van der Waals surface area contributed by atoms with Crippen molar-refractivity contribution >= 4 is 17.3 Å². The third-order valence-corrected chi connectivity index (χ3v) is 4.31. The van der Waals surface area contributed by atoms with E-state index in [2.05, 4.69) is 12.2 Å². The van der Waals surface area contributed by atoms with Gasteiger partial charge in [0.15, 0.2) is 0 Å². The Hall–Kier alpha value is -0.840. The lowest BCUT2D eigenvalue weighted by atomic mass is 9.88. The molecule has 1 aromatic carbocycles. The summed E-state index contributed by atoms with van der Waals surface area (Å²) >= 11 is 5.92. The highest BCUT2D eigenvalue weighted by molar-refractivity contribution is 6.33. The molecule has 3 atom stereocenters. The van der Waals surface area contributed by atoms with Gasteiger partial charge < -0.3 is 15.2 Å². The number of rotatable bonds is 6. The summed E-state index contributed by atoms with van der Waals surface area (Å²) in [6.07, 6.45) is 4.39.